The van der Waals surface area contributed by atoms with Gasteiger partial charge >= 0.3 is 0 Å². The summed E-state index contributed by atoms with van der Waals surface area (Å²) in [5.41, 5.74) is 1.15. The van der Waals surface area contributed by atoms with Crippen molar-refractivity contribution in [3.8, 4) is 0 Å². The number of Topliss-reactive ketones (excluding diaryl/α,β-unsaturated/α-hetero) is 1. The maximum atomic E-state index is 11.6. The lowest BCUT2D eigenvalue weighted by Crippen LogP contribution is -2.26. The fourth-order valence-electron chi connectivity index (χ4n) is 1.80. The number of hydrogen-bond acceptors (Lipinski definition) is 2. The molecule has 0 saturated heterocycles. The highest BCUT2D eigenvalue weighted by Gasteiger charge is 2.29. The van der Waals surface area contributed by atoms with E-state index in [0.717, 1.165) is 30.0 Å². The van der Waals surface area contributed by atoms with Crippen LogP contribution in [0.15, 0.2) is 24.3 Å². The number of hydrogen-bond donors (Lipinski definition) is 0. The maximum Gasteiger partial charge on any atom is 0.149 e. The number of likely N-dealkylation sites (N-methyl/N-ethyl adjacent to an activating group) is 1. The van der Waals surface area contributed by atoms with Crippen LogP contribution in [-0.2, 0) is 11.3 Å². The van der Waals surface area contributed by atoms with Gasteiger partial charge in [0.05, 0.1) is 6.54 Å². The van der Waals surface area contributed by atoms with E-state index in [4.69, 9.17) is 11.6 Å². The number of carbonyl (C=O) groups is 1. The molecular weight excluding hydrogens is 222 g/mol. The Balaban J connectivity index is 1.86. The minimum absolute atomic E-state index is 0.349. The lowest BCUT2D eigenvalue weighted by atomic mass is 10.2. The molecule has 16 heavy (non-hydrogen) atoms. The molecule has 1 aromatic rings. The molecule has 0 spiro atoms. The number of benzene rings is 1. The van der Waals surface area contributed by atoms with Crippen LogP contribution in [0.25, 0.3) is 0 Å². The van der Waals surface area contributed by atoms with Crippen LogP contribution in [0.1, 0.15) is 18.4 Å². The minimum Gasteiger partial charge on any atom is -0.298 e. The molecule has 0 bridgehead atoms. The average Bonchev–Trinajstić information content (AvgIpc) is 2.99. The second-order valence-electron chi connectivity index (χ2n) is 4.54. The highest BCUT2D eigenvalue weighted by atomic mass is 35.5. The molecule has 0 atom stereocenters. The molecule has 0 aliphatic heterocycles. The molecule has 0 unspecified atom stereocenters. The van der Waals surface area contributed by atoms with E-state index in [9.17, 15) is 4.79 Å². The highest BCUT2D eigenvalue weighted by Crippen LogP contribution is 2.29. The number of nitrogens with zero attached hydrogens (tertiary/aromatic N) is 1. The van der Waals surface area contributed by atoms with E-state index in [1.54, 1.807) is 0 Å². The zero-order valence-electron chi connectivity index (χ0n) is 9.45. The Hall–Kier alpha value is -0.860. The predicted octanol–water partition coefficient (Wildman–Crippen LogP) is 2.75. The third-order valence-corrected chi connectivity index (χ3v) is 3.04. The molecule has 0 heterocycles. The summed E-state index contributed by atoms with van der Waals surface area (Å²) in [4.78, 5) is 13.7. The third kappa shape index (κ3) is 3.32. The summed E-state index contributed by atoms with van der Waals surface area (Å²) in [6.07, 6.45) is 2.17. The van der Waals surface area contributed by atoms with Crippen LogP contribution in [0.3, 0.4) is 0 Å². The molecule has 0 aromatic heterocycles. The third-order valence-electron chi connectivity index (χ3n) is 2.80. The molecule has 2 rings (SSSR count). The maximum absolute atomic E-state index is 11.6. The molecule has 0 radical (unpaired) electrons. The first-order chi connectivity index (χ1) is 7.65. The van der Waals surface area contributed by atoms with Crippen molar-refractivity contribution in [2.24, 2.45) is 5.92 Å². The van der Waals surface area contributed by atoms with E-state index in [1.165, 1.54) is 0 Å². The van der Waals surface area contributed by atoms with Crippen molar-refractivity contribution in [3.63, 3.8) is 0 Å². The Morgan fingerprint density at radius 3 is 2.88 bits per heavy atom. The van der Waals surface area contributed by atoms with Crippen molar-refractivity contribution in [1.29, 1.82) is 0 Å². The first-order valence-corrected chi connectivity index (χ1v) is 5.98. The lowest BCUT2D eigenvalue weighted by Gasteiger charge is -2.15. The minimum atomic E-state index is 0.349. The van der Waals surface area contributed by atoms with Crippen LogP contribution in [0.5, 0.6) is 0 Å². The van der Waals surface area contributed by atoms with Crippen molar-refractivity contribution >= 4 is 17.4 Å². The average molecular weight is 238 g/mol. The normalized spacial score (nSPS) is 15.4. The van der Waals surface area contributed by atoms with Gasteiger partial charge in [-0.05, 0) is 37.6 Å². The Morgan fingerprint density at radius 2 is 2.25 bits per heavy atom. The van der Waals surface area contributed by atoms with Crippen LogP contribution in [0, 0.1) is 5.92 Å². The Kier molecular flexibility index (Phi) is 3.62. The van der Waals surface area contributed by atoms with Crippen molar-refractivity contribution in [2.75, 3.05) is 13.6 Å². The van der Waals surface area contributed by atoms with Crippen molar-refractivity contribution in [2.45, 2.75) is 19.4 Å². The molecule has 2 nitrogen and oxygen atoms in total. The topological polar surface area (TPSA) is 20.3 Å². The zero-order chi connectivity index (χ0) is 11.5. The van der Waals surface area contributed by atoms with Gasteiger partial charge in [-0.15, -0.1) is 0 Å². The van der Waals surface area contributed by atoms with Gasteiger partial charge in [-0.1, -0.05) is 23.7 Å². The van der Waals surface area contributed by atoms with Gasteiger partial charge in [-0.25, -0.2) is 0 Å². The summed E-state index contributed by atoms with van der Waals surface area (Å²) in [5.74, 6) is 0.728. The summed E-state index contributed by atoms with van der Waals surface area (Å²) in [6.45, 7) is 1.33. The van der Waals surface area contributed by atoms with Gasteiger partial charge in [0.1, 0.15) is 5.78 Å². The summed E-state index contributed by atoms with van der Waals surface area (Å²) >= 11 is 5.91. The molecule has 1 aromatic carbocycles. The molecule has 1 aliphatic carbocycles. The monoisotopic (exact) mass is 237 g/mol. The molecule has 0 amide bonds. The van der Waals surface area contributed by atoms with Crippen LogP contribution in [-0.4, -0.2) is 24.3 Å². The standard InChI is InChI=1S/C13H16ClNO/c1-15(9-13(16)11-5-6-11)8-10-3-2-4-12(14)7-10/h2-4,7,11H,5-6,8-9H2,1H3. The zero-order valence-corrected chi connectivity index (χ0v) is 10.2. The van der Waals surface area contributed by atoms with Gasteiger partial charge in [0.2, 0.25) is 0 Å². The van der Waals surface area contributed by atoms with Crippen LogP contribution < -0.4 is 0 Å². The van der Waals surface area contributed by atoms with Crippen molar-refractivity contribution < 1.29 is 4.79 Å². The van der Waals surface area contributed by atoms with Crippen LogP contribution >= 0.6 is 11.6 Å². The van der Waals surface area contributed by atoms with E-state index >= 15 is 0 Å². The molecule has 86 valence electrons. The molecular formula is C13H16ClNO. The molecule has 1 saturated carbocycles. The van der Waals surface area contributed by atoms with Gasteiger partial charge in [0, 0.05) is 17.5 Å². The molecule has 3 heteroatoms. The lowest BCUT2D eigenvalue weighted by molar-refractivity contribution is -0.121. The Bertz CT molecular complexity index is 387. The second kappa shape index (κ2) is 4.98. The summed E-state index contributed by atoms with van der Waals surface area (Å²) in [5, 5.41) is 0.749. The van der Waals surface area contributed by atoms with E-state index in [2.05, 4.69) is 0 Å². The summed E-state index contributed by atoms with van der Waals surface area (Å²) < 4.78 is 0. The Labute approximate surface area is 101 Å². The number of rotatable bonds is 5. The predicted molar refractivity (Wildman–Crippen MR) is 65.5 cm³/mol. The fraction of sp³-hybridized carbons (Fsp3) is 0.462. The highest BCUT2D eigenvalue weighted by molar-refractivity contribution is 6.30. The largest absolute Gasteiger partial charge is 0.298 e. The van der Waals surface area contributed by atoms with E-state index in [-0.39, 0.29) is 0 Å². The number of carbonyl (C=O) groups excluding carboxylic acids is 1. The number of halogens is 1. The van der Waals surface area contributed by atoms with Gasteiger partial charge < -0.3 is 0 Å². The SMILES string of the molecule is CN(CC(=O)C1CC1)Cc1cccc(Cl)c1. The fourth-order valence-corrected chi connectivity index (χ4v) is 2.02. The van der Waals surface area contributed by atoms with Gasteiger partial charge in [-0.2, -0.15) is 0 Å². The van der Waals surface area contributed by atoms with Crippen LogP contribution in [0.2, 0.25) is 5.02 Å². The second-order valence-corrected chi connectivity index (χ2v) is 4.98. The van der Waals surface area contributed by atoms with E-state index in [0.29, 0.717) is 18.2 Å². The van der Waals surface area contributed by atoms with Gasteiger partial charge in [-0.3, -0.25) is 9.69 Å². The summed E-state index contributed by atoms with van der Waals surface area (Å²) in [7, 11) is 1.97. The van der Waals surface area contributed by atoms with E-state index in [1.807, 2.05) is 36.2 Å². The van der Waals surface area contributed by atoms with Gasteiger partial charge in [0.15, 0.2) is 0 Å². The Morgan fingerprint density at radius 1 is 1.50 bits per heavy atom. The smallest absolute Gasteiger partial charge is 0.149 e. The first-order valence-electron chi connectivity index (χ1n) is 5.61. The van der Waals surface area contributed by atoms with E-state index < -0.39 is 0 Å². The van der Waals surface area contributed by atoms with Gasteiger partial charge in [0.25, 0.3) is 0 Å². The summed E-state index contributed by atoms with van der Waals surface area (Å²) in [6, 6.07) is 7.78. The number of ketones is 1. The van der Waals surface area contributed by atoms with Crippen LogP contribution in [0.4, 0.5) is 0 Å². The molecule has 0 N–H and O–H groups in total. The van der Waals surface area contributed by atoms with Crippen molar-refractivity contribution in [3.05, 3.63) is 34.9 Å². The first kappa shape index (κ1) is 11.6. The molecule has 1 aliphatic rings. The molecule has 1 fully saturated rings. The van der Waals surface area contributed by atoms with Crippen molar-refractivity contribution in [1.82, 2.24) is 4.90 Å². The quantitative estimate of drug-likeness (QED) is 0.785.